The molecule has 1 N–H and O–H groups in total. The molecule has 26 heavy (non-hydrogen) atoms. The Labute approximate surface area is 163 Å². The highest BCUT2D eigenvalue weighted by atomic mass is 35.5. The summed E-state index contributed by atoms with van der Waals surface area (Å²) in [5.41, 5.74) is 2.57. The van der Waals surface area contributed by atoms with E-state index in [9.17, 15) is 9.50 Å². The number of thiazole rings is 1. The van der Waals surface area contributed by atoms with Crippen molar-refractivity contribution in [2.75, 3.05) is 5.01 Å². The van der Waals surface area contributed by atoms with Crippen molar-refractivity contribution in [3.05, 3.63) is 74.8 Å². The van der Waals surface area contributed by atoms with Crippen LogP contribution in [0.25, 0.3) is 0 Å². The largest absolute Gasteiger partial charge is 0.493 e. The average Bonchev–Trinajstić information content (AvgIpc) is 3.24. The number of rotatable bonds is 3. The van der Waals surface area contributed by atoms with Crippen LogP contribution in [0.1, 0.15) is 23.6 Å². The minimum atomic E-state index is -0.296. The van der Waals surface area contributed by atoms with Gasteiger partial charge in [0.1, 0.15) is 5.82 Å². The molecular weight excluding hydrogens is 396 g/mol. The van der Waals surface area contributed by atoms with Gasteiger partial charge in [-0.2, -0.15) is 10.1 Å². The molecule has 3 aromatic rings. The summed E-state index contributed by atoms with van der Waals surface area (Å²) in [4.78, 5) is 4.12. The monoisotopic (exact) mass is 407 g/mol. The molecule has 1 aliphatic rings. The second-order valence-corrected chi connectivity index (χ2v) is 7.43. The van der Waals surface area contributed by atoms with Crippen LogP contribution in [0.4, 0.5) is 9.52 Å². The fourth-order valence-electron chi connectivity index (χ4n) is 2.84. The van der Waals surface area contributed by atoms with Crippen molar-refractivity contribution in [3.63, 3.8) is 0 Å². The number of hydrogen-bond donors (Lipinski definition) is 1. The van der Waals surface area contributed by atoms with Crippen LogP contribution in [0.2, 0.25) is 10.0 Å². The van der Waals surface area contributed by atoms with E-state index < -0.39 is 0 Å². The van der Waals surface area contributed by atoms with Crippen molar-refractivity contribution >= 4 is 45.4 Å². The molecule has 1 aliphatic heterocycles. The Hall–Kier alpha value is -2.15. The number of hydrazone groups is 1. The molecule has 0 radical (unpaired) electrons. The van der Waals surface area contributed by atoms with Gasteiger partial charge in [0, 0.05) is 6.42 Å². The van der Waals surface area contributed by atoms with E-state index in [1.54, 1.807) is 34.7 Å². The molecule has 1 aromatic heterocycles. The van der Waals surface area contributed by atoms with E-state index in [2.05, 4.69) is 10.1 Å². The zero-order valence-corrected chi connectivity index (χ0v) is 15.6. The molecule has 0 aliphatic carbocycles. The first-order valence-electron chi connectivity index (χ1n) is 7.73. The Morgan fingerprint density at radius 1 is 1.12 bits per heavy atom. The standard InChI is InChI=1S/C18H12Cl2FN3OS/c19-13-6-3-11(7-14(13)20)15-8-16(10-1-4-12(21)5-2-10)24(23-15)18-22-17(25)9-26-18/h1-7,9,16,25H,8H2. The molecule has 4 nitrogen and oxygen atoms in total. The first kappa shape index (κ1) is 17.3. The number of anilines is 1. The van der Waals surface area contributed by atoms with E-state index in [0.29, 0.717) is 21.6 Å². The van der Waals surface area contributed by atoms with Gasteiger partial charge < -0.3 is 5.11 Å². The quantitative estimate of drug-likeness (QED) is 0.609. The van der Waals surface area contributed by atoms with Crippen molar-refractivity contribution in [3.8, 4) is 5.88 Å². The lowest BCUT2D eigenvalue weighted by Gasteiger charge is -2.21. The van der Waals surface area contributed by atoms with Crippen LogP contribution < -0.4 is 5.01 Å². The minimum Gasteiger partial charge on any atom is -0.493 e. The summed E-state index contributed by atoms with van der Waals surface area (Å²) in [6, 6.07) is 11.5. The first-order valence-corrected chi connectivity index (χ1v) is 9.37. The molecular formula is C18H12Cl2FN3OS. The molecule has 2 aromatic carbocycles. The van der Waals surface area contributed by atoms with Gasteiger partial charge in [-0.3, -0.25) is 0 Å². The topological polar surface area (TPSA) is 48.7 Å². The Bertz CT molecular complexity index is 990. The van der Waals surface area contributed by atoms with Gasteiger partial charge in [0.15, 0.2) is 0 Å². The summed E-state index contributed by atoms with van der Waals surface area (Å²) < 4.78 is 13.3. The van der Waals surface area contributed by atoms with Crippen LogP contribution in [0.5, 0.6) is 5.88 Å². The fourth-order valence-corrected chi connectivity index (χ4v) is 3.83. The second-order valence-electron chi connectivity index (χ2n) is 5.78. The molecule has 132 valence electrons. The van der Waals surface area contributed by atoms with Gasteiger partial charge in [0.05, 0.1) is 27.2 Å². The maximum Gasteiger partial charge on any atom is 0.223 e. The molecule has 0 fully saturated rings. The molecule has 8 heteroatoms. The second kappa shape index (κ2) is 6.87. The van der Waals surface area contributed by atoms with Crippen LogP contribution in [0.3, 0.4) is 0 Å². The van der Waals surface area contributed by atoms with Crippen LogP contribution in [-0.4, -0.2) is 15.8 Å². The third kappa shape index (κ3) is 3.28. The highest BCUT2D eigenvalue weighted by Gasteiger charge is 2.32. The summed E-state index contributed by atoms with van der Waals surface area (Å²) >= 11 is 13.4. The highest BCUT2D eigenvalue weighted by molar-refractivity contribution is 7.13. The minimum absolute atomic E-state index is 0.0546. The number of aromatic hydroxyl groups is 1. The number of hydrogen-bond acceptors (Lipinski definition) is 5. The number of halogens is 3. The molecule has 0 saturated carbocycles. The average molecular weight is 408 g/mol. The molecule has 0 spiro atoms. The third-order valence-corrected chi connectivity index (χ3v) is 5.65. The Kier molecular flexibility index (Phi) is 4.56. The third-order valence-electron chi connectivity index (χ3n) is 4.09. The predicted octanol–water partition coefficient (Wildman–Crippen LogP) is 5.65. The molecule has 2 heterocycles. The highest BCUT2D eigenvalue weighted by Crippen LogP contribution is 2.39. The maximum atomic E-state index is 13.3. The van der Waals surface area contributed by atoms with Gasteiger partial charge in [-0.15, -0.1) is 0 Å². The predicted molar refractivity (Wildman–Crippen MR) is 103 cm³/mol. The Morgan fingerprint density at radius 3 is 2.54 bits per heavy atom. The zero-order chi connectivity index (χ0) is 18.3. The fraction of sp³-hybridized carbons (Fsp3) is 0.111. The number of nitrogens with zero attached hydrogens (tertiary/aromatic N) is 3. The smallest absolute Gasteiger partial charge is 0.223 e. The van der Waals surface area contributed by atoms with Gasteiger partial charge >= 0.3 is 0 Å². The van der Waals surface area contributed by atoms with E-state index in [1.165, 1.54) is 23.5 Å². The summed E-state index contributed by atoms with van der Waals surface area (Å²) in [6.45, 7) is 0. The lowest BCUT2D eigenvalue weighted by atomic mass is 9.98. The van der Waals surface area contributed by atoms with Crippen LogP contribution in [0.15, 0.2) is 52.9 Å². The summed E-state index contributed by atoms with van der Waals surface area (Å²) in [6.07, 6.45) is 0.587. The van der Waals surface area contributed by atoms with E-state index in [0.717, 1.165) is 16.8 Å². The van der Waals surface area contributed by atoms with Crippen LogP contribution in [-0.2, 0) is 0 Å². The summed E-state index contributed by atoms with van der Waals surface area (Å²) in [5.74, 6) is -0.350. The van der Waals surface area contributed by atoms with Gasteiger partial charge in [0.25, 0.3) is 0 Å². The van der Waals surface area contributed by atoms with E-state index in [4.69, 9.17) is 23.2 Å². The van der Waals surface area contributed by atoms with Crippen molar-refractivity contribution in [1.82, 2.24) is 4.98 Å². The molecule has 4 rings (SSSR count). The normalized spacial score (nSPS) is 16.8. The molecule has 0 bridgehead atoms. The lowest BCUT2D eigenvalue weighted by molar-refractivity contribution is 0.457. The molecule has 1 atom stereocenters. The first-order chi connectivity index (χ1) is 12.5. The van der Waals surface area contributed by atoms with E-state index in [-0.39, 0.29) is 17.7 Å². The van der Waals surface area contributed by atoms with Gasteiger partial charge in [-0.05, 0) is 35.4 Å². The van der Waals surface area contributed by atoms with Crippen molar-refractivity contribution in [2.24, 2.45) is 5.10 Å². The SMILES string of the molecule is Oc1csc(N2N=C(c3ccc(Cl)c(Cl)c3)CC2c2ccc(F)cc2)n1. The Morgan fingerprint density at radius 2 is 1.88 bits per heavy atom. The summed E-state index contributed by atoms with van der Waals surface area (Å²) in [7, 11) is 0. The molecule has 0 amide bonds. The van der Waals surface area contributed by atoms with Crippen molar-refractivity contribution in [2.45, 2.75) is 12.5 Å². The zero-order valence-electron chi connectivity index (χ0n) is 13.2. The molecule has 1 unspecified atom stereocenters. The lowest BCUT2D eigenvalue weighted by Crippen LogP contribution is -2.18. The van der Waals surface area contributed by atoms with E-state index in [1.807, 2.05) is 6.07 Å². The van der Waals surface area contributed by atoms with E-state index >= 15 is 0 Å². The van der Waals surface area contributed by atoms with Gasteiger partial charge in [-0.1, -0.05) is 52.7 Å². The maximum absolute atomic E-state index is 13.3. The van der Waals surface area contributed by atoms with Crippen molar-refractivity contribution in [1.29, 1.82) is 0 Å². The van der Waals surface area contributed by atoms with Crippen molar-refractivity contribution < 1.29 is 9.50 Å². The van der Waals surface area contributed by atoms with Gasteiger partial charge in [0.2, 0.25) is 11.0 Å². The van der Waals surface area contributed by atoms with Crippen LogP contribution in [0, 0.1) is 5.82 Å². The Balaban J connectivity index is 1.75. The van der Waals surface area contributed by atoms with Crippen LogP contribution >= 0.6 is 34.5 Å². The summed E-state index contributed by atoms with van der Waals surface area (Å²) in [5, 5.41) is 19.1. The van der Waals surface area contributed by atoms with Gasteiger partial charge in [-0.25, -0.2) is 9.40 Å². The number of aromatic nitrogens is 1. The number of benzene rings is 2. The molecule has 0 saturated heterocycles.